The van der Waals surface area contributed by atoms with Crippen molar-refractivity contribution in [3.63, 3.8) is 0 Å². The minimum atomic E-state index is -0.414. The van der Waals surface area contributed by atoms with E-state index >= 15 is 0 Å². The third-order valence-electron chi connectivity index (χ3n) is 4.61. The number of esters is 1. The van der Waals surface area contributed by atoms with Crippen LogP contribution < -0.4 is 4.74 Å². The van der Waals surface area contributed by atoms with Crippen LogP contribution in [0.5, 0.6) is 5.75 Å². The summed E-state index contributed by atoms with van der Waals surface area (Å²) in [5.74, 6) is 0.912. The van der Waals surface area contributed by atoms with Gasteiger partial charge in [0.05, 0.1) is 18.1 Å². The molecule has 0 aliphatic carbocycles. The number of para-hydroxylation sites is 3. The van der Waals surface area contributed by atoms with E-state index in [1.807, 2.05) is 52.0 Å². The normalized spacial score (nSPS) is 10.5. The highest BCUT2D eigenvalue weighted by Gasteiger charge is 2.15. The Kier molecular flexibility index (Phi) is 12.3. The van der Waals surface area contributed by atoms with Crippen LogP contribution in [0.4, 0.5) is 0 Å². The first-order chi connectivity index (χ1) is 15.9. The van der Waals surface area contributed by atoms with E-state index in [9.17, 15) is 4.79 Å². The number of allylic oxidation sites excluding steroid dienone is 3. The summed E-state index contributed by atoms with van der Waals surface area (Å²) in [6, 6.07) is 15.1. The number of carbonyl (C=O) groups excluding carboxylic acids is 1. The van der Waals surface area contributed by atoms with Crippen molar-refractivity contribution in [2.24, 2.45) is 0 Å². The van der Waals surface area contributed by atoms with Crippen LogP contribution in [0.1, 0.15) is 64.1 Å². The lowest BCUT2D eigenvalue weighted by Crippen LogP contribution is -2.10. The summed E-state index contributed by atoms with van der Waals surface area (Å²) in [6.45, 7) is 16.8. The molecule has 3 rings (SSSR count). The predicted molar refractivity (Wildman–Crippen MR) is 138 cm³/mol. The predicted octanol–water partition coefficient (Wildman–Crippen LogP) is 7.37. The standard InChI is InChI=1S/C22H24N2O3.C4H8.C2H6/c1-4-16(2)13-14-24-19-11-7-6-10-18(19)23-21(24)15-27-20-12-8-5-9-17(20)22(25)26-3;1-4(2)3;1-2/h4-12H,13-15H2,1-3H3;1H2,2-3H3;1-2H3/b16-4+;;. The molecule has 1 aromatic heterocycles. The number of fused-ring (bicyclic) bond motifs is 1. The molecule has 0 unspecified atom stereocenters. The lowest BCUT2D eigenvalue weighted by atomic mass is 10.2. The number of rotatable bonds is 7. The number of aryl methyl sites for hydroxylation is 1. The molecule has 0 saturated heterocycles. The highest BCUT2D eigenvalue weighted by atomic mass is 16.5. The molecule has 0 fully saturated rings. The third kappa shape index (κ3) is 8.60. The van der Waals surface area contributed by atoms with Crippen molar-refractivity contribution in [2.75, 3.05) is 7.11 Å². The molecular formula is C28H38N2O3. The number of hydrogen-bond acceptors (Lipinski definition) is 4. The first-order valence-corrected chi connectivity index (χ1v) is 11.4. The Morgan fingerprint density at radius 3 is 2.30 bits per heavy atom. The van der Waals surface area contributed by atoms with Crippen LogP contribution >= 0.6 is 0 Å². The van der Waals surface area contributed by atoms with E-state index in [1.165, 1.54) is 18.3 Å². The van der Waals surface area contributed by atoms with E-state index in [-0.39, 0.29) is 6.61 Å². The second-order valence-electron chi connectivity index (χ2n) is 7.54. The van der Waals surface area contributed by atoms with Gasteiger partial charge in [-0.05, 0) is 58.4 Å². The fraction of sp³-hybridized carbons (Fsp3) is 0.357. The number of nitrogens with zero attached hydrogens (tertiary/aromatic N) is 2. The van der Waals surface area contributed by atoms with E-state index in [4.69, 9.17) is 14.5 Å². The quantitative estimate of drug-likeness (QED) is 0.279. The lowest BCUT2D eigenvalue weighted by Gasteiger charge is -2.12. The van der Waals surface area contributed by atoms with Crippen molar-refractivity contribution >= 4 is 17.0 Å². The first kappa shape index (κ1) is 27.7. The average molecular weight is 451 g/mol. The summed E-state index contributed by atoms with van der Waals surface area (Å²) in [7, 11) is 1.36. The second-order valence-corrected chi connectivity index (χ2v) is 7.54. The van der Waals surface area contributed by atoms with E-state index < -0.39 is 5.97 Å². The maximum Gasteiger partial charge on any atom is 0.341 e. The third-order valence-corrected chi connectivity index (χ3v) is 4.61. The number of imidazole rings is 1. The zero-order chi connectivity index (χ0) is 24.8. The van der Waals surface area contributed by atoms with Crippen molar-refractivity contribution in [3.8, 4) is 5.75 Å². The molecule has 0 saturated carbocycles. The topological polar surface area (TPSA) is 53.4 Å². The van der Waals surface area contributed by atoms with Crippen LogP contribution in [0, 0.1) is 0 Å². The van der Waals surface area contributed by atoms with Gasteiger partial charge in [-0.25, -0.2) is 9.78 Å². The Labute approximate surface area is 198 Å². The number of benzene rings is 2. The fourth-order valence-electron chi connectivity index (χ4n) is 2.93. The Hall–Kier alpha value is -3.34. The van der Waals surface area contributed by atoms with Crippen LogP contribution in [0.3, 0.4) is 0 Å². The molecule has 0 aliphatic heterocycles. The van der Waals surface area contributed by atoms with Crippen molar-refractivity contribution in [1.82, 2.24) is 9.55 Å². The highest BCUT2D eigenvalue weighted by molar-refractivity contribution is 5.92. The number of methoxy groups -OCH3 is 1. The van der Waals surface area contributed by atoms with E-state index in [1.54, 1.807) is 18.2 Å². The molecule has 0 aliphatic rings. The smallest absolute Gasteiger partial charge is 0.341 e. The van der Waals surface area contributed by atoms with Crippen LogP contribution in [0.2, 0.25) is 0 Å². The van der Waals surface area contributed by atoms with Crippen molar-refractivity contribution < 1.29 is 14.3 Å². The zero-order valence-electron chi connectivity index (χ0n) is 21.1. The van der Waals surface area contributed by atoms with Crippen LogP contribution in [-0.2, 0) is 17.9 Å². The van der Waals surface area contributed by atoms with E-state index in [0.29, 0.717) is 11.3 Å². The Bertz CT molecular complexity index is 1060. The molecule has 0 spiro atoms. The molecule has 33 heavy (non-hydrogen) atoms. The first-order valence-electron chi connectivity index (χ1n) is 11.4. The maximum atomic E-state index is 11.9. The molecular weight excluding hydrogens is 412 g/mol. The average Bonchev–Trinajstić information content (AvgIpc) is 3.19. The van der Waals surface area contributed by atoms with Gasteiger partial charge in [0.25, 0.3) is 0 Å². The Morgan fingerprint density at radius 2 is 1.67 bits per heavy atom. The second kappa shape index (κ2) is 14.7. The molecule has 5 nitrogen and oxygen atoms in total. The minimum Gasteiger partial charge on any atom is -0.485 e. The van der Waals surface area contributed by atoms with E-state index in [0.717, 1.165) is 29.8 Å². The molecule has 0 atom stereocenters. The van der Waals surface area contributed by atoms with Gasteiger partial charge in [-0.2, -0.15) is 0 Å². The number of carbonyl (C=O) groups is 1. The van der Waals surface area contributed by atoms with Gasteiger partial charge in [0, 0.05) is 6.54 Å². The summed E-state index contributed by atoms with van der Waals surface area (Å²) in [5.41, 5.74) is 4.93. The van der Waals surface area contributed by atoms with Gasteiger partial charge in [-0.1, -0.05) is 55.3 Å². The van der Waals surface area contributed by atoms with Crippen molar-refractivity contribution in [3.05, 3.63) is 83.7 Å². The molecule has 3 aromatic rings. The van der Waals surface area contributed by atoms with Crippen LogP contribution in [0.25, 0.3) is 11.0 Å². The molecule has 0 radical (unpaired) electrons. The van der Waals surface area contributed by atoms with Crippen molar-refractivity contribution in [2.45, 2.75) is 61.1 Å². The van der Waals surface area contributed by atoms with Gasteiger partial charge in [0.15, 0.2) is 0 Å². The largest absolute Gasteiger partial charge is 0.485 e. The van der Waals surface area contributed by atoms with Gasteiger partial charge in [-0.3, -0.25) is 0 Å². The molecule has 0 amide bonds. The molecule has 178 valence electrons. The highest BCUT2D eigenvalue weighted by Crippen LogP contribution is 2.22. The minimum absolute atomic E-state index is 0.275. The summed E-state index contributed by atoms with van der Waals surface area (Å²) < 4.78 is 13.0. The van der Waals surface area contributed by atoms with Gasteiger partial charge >= 0.3 is 5.97 Å². The summed E-state index contributed by atoms with van der Waals surface area (Å²) in [5, 5.41) is 0. The van der Waals surface area contributed by atoms with Crippen molar-refractivity contribution in [1.29, 1.82) is 0 Å². The molecule has 2 aromatic carbocycles. The zero-order valence-corrected chi connectivity index (χ0v) is 21.1. The molecule has 0 N–H and O–H groups in total. The Morgan fingerprint density at radius 1 is 1.06 bits per heavy atom. The number of ether oxygens (including phenoxy) is 2. The van der Waals surface area contributed by atoms with Gasteiger partial charge < -0.3 is 14.0 Å². The van der Waals surface area contributed by atoms with Crippen LogP contribution in [-0.4, -0.2) is 22.6 Å². The van der Waals surface area contributed by atoms with Gasteiger partial charge in [0.1, 0.15) is 23.7 Å². The van der Waals surface area contributed by atoms with E-state index in [2.05, 4.69) is 37.1 Å². The summed E-state index contributed by atoms with van der Waals surface area (Å²) in [4.78, 5) is 16.7. The molecule has 1 heterocycles. The Balaban J connectivity index is 0.000000820. The monoisotopic (exact) mass is 450 g/mol. The van der Waals surface area contributed by atoms with Gasteiger partial charge in [0.2, 0.25) is 0 Å². The SMILES string of the molecule is C/C=C(\C)CCn1c(COc2ccccc2C(=O)OC)nc2ccccc21.C=C(C)C.CC. The molecule has 5 heteroatoms. The fourth-order valence-corrected chi connectivity index (χ4v) is 2.93. The summed E-state index contributed by atoms with van der Waals surface area (Å²) >= 11 is 0. The van der Waals surface area contributed by atoms with Crippen LogP contribution in [0.15, 0.2) is 72.3 Å². The van der Waals surface area contributed by atoms with Gasteiger partial charge in [-0.15, -0.1) is 6.58 Å². The number of aromatic nitrogens is 2. The summed E-state index contributed by atoms with van der Waals surface area (Å²) in [6.07, 6.45) is 3.07. The molecule has 0 bridgehead atoms. The lowest BCUT2D eigenvalue weighted by molar-refractivity contribution is 0.0595. The maximum absolute atomic E-state index is 11.9. The number of hydrogen-bond donors (Lipinski definition) is 0.